The number of hydrogen-bond donors (Lipinski definition) is 2. The highest BCUT2D eigenvalue weighted by atomic mass is 16.1. The Morgan fingerprint density at radius 3 is 2.29 bits per heavy atom. The van der Waals surface area contributed by atoms with Crippen LogP contribution in [0.2, 0.25) is 0 Å². The van der Waals surface area contributed by atoms with E-state index in [2.05, 4.69) is 47.4 Å². The molecule has 2 N–H and O–H groups in total. The predicted molar refractivity (Wildman–Crippen MR) is 128 cm³/mol. The third-order valence-electron chi connectivity index (χ3n) is 5.06. The van der Waals surface area contributed by atoms with Crippen LogP contribution in [0, 0.1) is 13.8 Å². The molecule has 31 heavy (non-hydrogen) atoms. The summed E-state index contributed by atoms with van der Waals surface area (Å²) in [6, 6.07) is 17.7. The number of aromatic nitrogens is 1. The van der Waals surface area contributed by atoms with Crippen molar-refractivity contribution in [3.8, 4) is 0 Å². The fraction of sp³-hybridized carbons (Fsp3) is 0.269. The van der Waals surface area contributed by atoms with Crippen LogP contribution in [0.25, 0.3) is 0 Å². The van der Waals surface area contributed by atoms with Crippen LogP contribution in [0.15, 0.2) is 72.0 Å². The zero-order valence-corrected chi connectivity index (χ0v) is 18.9. The Bertz CT molecular complexity index is 1060. The van der Waals surface area contributed by atoms with E-state index in [4.69, 9.17) is 0 Å². The summed E-state index contributed by atoms with van der Waals surface area (Å²) in [5.41, 5.74) is 5.94. The molecule has 2 aromatic carbocycles. The molecule has 0 bridgehead atoms. The van der Waals surface area contributed by atoms with Crippen LogP contribution in [-0.2, 0) is 12.0 Å². The molecule has 5 heteroatoms. The van der Waals surface area contributed by atoms with Crippen molar-refractivity contribution in [2.45, 2.75) is 46.6 Å². The van der Waals surface area contributed by atoms with Gasteiger partial charge in [-0.05, 0) is 71.8 Å². The van der Waals surface area contributed by atoms with Gasteiger partial charge in [-0.15, -0.1) is 0 Å². The second kappa shape index (κ2) is 9.56. The van der Waals surface area contributed by atoms with Gasteiger partial charge in [-0.25, -0.2) is 4.99 Å². The van der Waals surface area contributed by atoms with Crippen molar-refractivity contribution < 1.29 is 4.79 Å². The average molecular weight is 415 g/mol. The Morgan fingerprint density at radius 1 is 0.968 bits per heavy atom. The van der Waals surface area contributed by atoms with Crippen LogP contribution in [0.4, 0.5) is 5.69 Å². The topological polar surface area (TPSA) is 66.4 Å². The molecule has 0 saturated carbocycles. The minimum Gasteiger partial charge on any atom is -0.326 e. The number of carbonyl (C=O) groups excluding carboxylic acids is 1. The lowest BCUT2D eigenvalue weighted by Crippen LogP contribution is -2.36. The summed E-state index contributed by atoms with van der Waals surface area (Å²) in [5, 5.41) is 6.24. The molecule has 0 aliphatic carbocycles. The predicted octanol–water partition coefficient (Wildman–Crippen LogP) is 5.39. The third-order valence-corrected chi connectivity index (χ3v) is 5.06. The number of nitrogens with one attached hydrogen (secondary N) is 2. The standard InChI is InChI=1S/C26H30N4O/c1-18-6-7-19(2)23(16-18)29-25(28-17-20-12-14-27-15-13-20)30-24(31)21-8-10-22(11-9-21)26(3,4)5/h6-16H,17H2,1-5H3,(H2,28,29,30,31). The molecule has 1 aromatic heterocycles. The fourth-order valence-corrected chi connectivity index (χ4v) is 3.07. The van der Waals surface area contributed by atoms with Crippen LogP contribution < -0.4 is 10.6 Å². The van der Waals surface area contributed by atoms with Crippen molar-refractivity contribution in [1.29, 1.82) is 0 Å². The van der Waals surface area contributed by atoms with E-state index in [0.717, 1.165) is 22.4 Å². The first kappa shape index (κ1) is 22.2. The lowest BCUT2D eigenvalue weighted by atomic mass is 9.87. The quantitative estimate of drug-likeness (QED) is 0.444. The molecule has 0 radical (unpaired) electrons. The van der Waals surface area contributed by atoms with E-state index in [-0.39, 0.29) is 11.3 Å². The second-order valence-corrected chi connectivity index (χ2v) is 8.75. The molecule has 0 unspecified atom stereocenters. The highest BCUT2D eigenvalue weighted by Crippen LogP contribution is 2.22. The van der Waals surface area contributed by atoms with Gasteiger partial charge < -0.3 is 5.32 Å². The summed E-state index contributed by atoms with van der Waals surface area (Å²) in [4.78, 5) is 21.6. The van der Waals surface area contributed by atoms with Crippen LogP contribution >= 0.6 is 0 Å². The molecule has 1 heterocycles. The number of amides is 1. The molecule has 160 valence electrons. The zero-order chi connectivity index (χ0) is 22.4. The van der Waals surface area contributed by atoms with Gasteiger partial charge in [0, 0.05) is 23.6 Å². The number of rotatable bonds is 4. The first-order chi connectivity index (χ1) is 14.7. The van der Waals surface area contributed by atoms with Crippen molar-refractivity contribution >= 4 is 17.6 Å². The van der Waals surface area contributed by atoms with Crippen LogP contribution in [0.3, 0.4) is 0 Å². The molecule has 0 atom stereocenters. The summed E-state index contributed by atoms with van der Waals surface area (Å²) in [5.74, 6) is 0.210. The third kappa shape index (κ3) is 6.25. The summed E-state index contributed by atoms with van der Waals surface area (Å²) in [6.07, 6.45) is 3.47. The van der Waals surface area contributed by atoms with E-state index in [1.807, 2.05) is 62.4 Å². The fourth-order valence-electron chi connectivity index (χ4n) is 3.07. The molecule has 0 aliphatic heterocycles. The Kier molecular flexibility index (Phi) is 6.85. The number of hydrogen-bond acceptors (Lipinski definition) is 3. The van der Waals surface area contributed by atoms with Gasteiger partial charge in [-0.2, -0.15) is 0 Å². The molecule has 3 aromatic rings. The van der Waals surface area contributed by atoms with Crippen molar-refractivity contribution in [3.63, 3.8) is 0 Å². The summed E-state index contributed by atoms with van der Waals surface area (Å²) < 4.78 is 0. The van der Waals surface area contributed by atoms with Gasteiger partial charge in [0.25, 0.3) is 5.91 Å². The maximum absolute atomic E-state index is 12.9. The number of carbonyl (C=O) groups is 1. The highest BCUT2D eigenvalue weighted by molar-refractivity contribution is 6.10. The molecule has 3 rings (SSSR count). The van der Waals surface area contributed by atoms with E-state index < -0.39 is 0 Å². The lowest BCUT2D eigenvalue weighted by molar-refractivity contribution is 0.0977. The van der Waals surface area contributed by atoms with E-state index in [0.29, 0.717) is 18.1 Å². The number of aliphatic imine (C=N–C) groups is 1. The number of nitrogens with zero attached hydrogens (tertiary/aromatic N) is 2. The second-order valence-electron chi connectivity index (χ2n) is 8.75. The molecular formula is C26H30N4O. The summed E-state index contributed by atoms with van der Waals surface area (Å²) in [6.45, 7) is 10.9. The van der Waals surface area contributed by atoms with E-state index in [9.17, 15) is 4.79 Å². The van der Waals surface area contributed by atoms with Gasteiger partial charge >= 0.3 is 0 Å². The van der Waals surface area contributed by atoms with Crippen LogP contribution in [0.5, 0.6) is 0 Å². The van der Waals surface area contributed by atoms with Gasteiger partial charge in [0.1, 0.15) is 0 Å². The molecule has 0 aliphatic rings. The van der Waals surface area contributed by atoms with Gasteiger partial charge in [0.05, 0.1) is 6.54 Å². The SMILES string of the molecule is Cc1ccc(C)c(NC(=NCc2ccncc2)NC(=O)c2ccc(C(C)(C)C)cc2)c1. The first-order valence-electron chi connectivity index (χ1n) is 10.4. The van der Waals surface area contributed by atoms with E-state index in [1.165, 1.54) is 5.56 Å². The van der Waals surface area contributed by atoms with Crippen molar-refractivity contribution in [3.05, 3.63) is 94.8 Å². The Balaban J connectivity index is 1.83. The average Bonchev–Trinajstić information content (AvgIpc) is 2.74. The first-order valence-corrected chi connectivity index (χ1v) is 10.4. The Labute approximate surface area is 184 Å². The maximum atomic E-state index is 12.9. The number of aryl methyl sites for hydroxylation is 2. The smallest absolute Gasteiger partial charge is 0.257 e. The number of guanidine groups is 1. The number of pyridine rings is 1. The Hall–Kier alpha value is -3.47. The number of anilines is 1. The van der Waals surface area contributed by atoms with Gasteiger partial charge in [0.15, 0.2) is 0 Å². The minimum absolute atomic E-state index is 0.0381. The maximum Gasteiger partial charge on any atom is 0.257 e. The van der Waals surface area contributed by atoms with E-state index >= 15 is 0 Å². The van der Waals surface area contributed by atoms with Gasteiger partial charge in [0.2, 0.25) is 5.96 Å². The summed E-state index contributed by atoms with van der Waals surface area (Å²) >= 11 is 0. The van der Waals surface area contributed by atoms with Crippen LogP contribution in [0.1, 0.15) is 53.4 Å². The van der Waals surface area contributed by atoms with Gasteiger partial charge in [-0.3, -0.25) is 15.1 Å². The van der Waals surface area contributed by atoms with Crippen molar-refractivity contribution in [2.24, 2.45) is 4.99 Å². The molecule has 0 spiro atoms. The molecule has 0 fully saturated rings. The monoisotopic (exact) mass is 414 g/mol. The molecule has 1 amide bonds. The zero-order valence-electron chi connectivity index (χ0n) is 18.9. The lowest BCUT2D eigenvalue weighted by Gasteiger charge is -2.19. The summed E-state index contributed by atoms with van der Waals surface area (Å²) in [7, 11) is 0. The van der Waals surface area contributed by atoms with Crippen LogP contribution in [-0.4, -0.2) is 16.9 Å². The number of benzene rings is 2. The van der Waals surface area contributed by atoms with Crippen molar-refractivity contribution in [2.75, 3.05) is 5.32 Å². The molecule has 0 saturated heterocycles. The highest BCUT2D eigenvalue weighted by Gasteiger charge is 2.15. The molecular weight excluding hydrogens is 384 g/mol. The Morgan fingerprint density at radius 2 is 1.65 bits per heavy atom. The largest absolute Gasteiger partial charge is 0.326 e. The normalized spacial score (nSPS) is 11.8. The van der Waals surface area contributed by atoms with E-state index in [1.54, 1.807) is 12.4 Å². The molecule has 5 nitrogen and oxygen atoms in total. The van der Waals surface area contributed by atoms with Crippen molar-refractivity contribution in [1.82, 2.24) is 10.3 Å². The van der Waals surface area contributed by atoms with Gasteiger partial charge in [-0.1, -0.05) is 45.0 Å². The minimum atomic E-state index is -0.202.